The summed E-state index contributed by atoms with van der Waals surface area (Å²) in [5.41, 5.74) is 6.23. The zero-order valence-electron chi connectivity index (χ0n) is 7.89. The minimum Gasteiger partial charge on any atom is -0.336 e. The summed E-state index contributed by atoms with van der Waals surface area (Å²) in [7, 11) is 0. The average molecular weight is 191 g/mol. The van der Waals surface area contributed by atoms with Gasteiger partial charge in [-0.25, -0.2) is 0 Å². The zero-order valence-corrected chi connectivity index (χ0v) is 7.89. The molecule has 0 spiro atoms. The molecule has 1 atom stereocenters. The fourth-order valence-corrected chi connectivity index (χ4v) is 1.62. The summed E-state index contributed by atoms with van der Waals surface area (Å²) in [5.74, 6) is -0.0152. The minimum atomic E-state index is -0.0152. The van der Waals surface area contributed by atoms with E-state index in [1.165, 1.54) is 0 Å². The molecule has 1 aromatic heterocycles. The lowest BCUT2D eigenvalue weighted by Gasteiger charge is -2.14. The van der Waals surface area contributed by atoms with Crippen molar-refractivity contribution in [2.45, 2.75) is 12.5 Å². The van der Waals surface area contributed by atoms with Crippen LogP contribution in [0.4, 0.5) is 0 Å². The van der Waals surface area contributed by atoms with Crippen molar-refractivity contribution in [3.05, 3.63) is 30.1 Å². The maximum absolute atomic E-state index is 11.8. The predicted molar refractivity (Wildman–Crippen MR) is 52.7 cm³/mol. The number of nitrogens with zero attached hydrogens (tertiary/aromatic N) is 2. The van der Waals surface area contributed by atoms with Crippen molar-refractivity contribution in [1.82, 2.24) is 9.88 Å². The van der Waals surface area contributed by atoms with Gasteiger partial charge in [0, 0.05) is 25.3 Å². The summed E-state index contributed by atoms with van der Waals surface area (Å²) in [6, 6.07) is 5.47. The third-order valence-corrected chi connectivity index (χ3v) is 2.40. The Bertz CT molecular complexity index is 325. The van der Waals surface area contributed by atoms with Crippen LogP contribution in [0.3, 0.4) is 0 Å². The monoisotopic (exact) mass is 191 g/mol. The Morgan fingerprint density at radius 1 is 1.57 bits per heavy atom. The number of likely N-dealkylation sites (tertiary alicyclic amines) is 1. The molecule has 0 aromatic carbocycles. The summed E-state index contributed by atoms with van der Waals surface area (Å²) >= 11 is 0. The number of rotatable bonds is 1. The summed E-state index contributed by atoms with van der Waals surface area (Å²) in [5, 5.41) is 0. The smallest absolute Gasteiger partial charge is 0.272 e. The molecule has 0 bridgehead atoms. The zero-order chi connectivity index (χ0) is 9.97. The third-order valence-electron chi connectivity index (χ3n) is 2.40. The Labute approximate surface area is 82.7 Å². The number of hydrogen-bond donors (Lipinski definition) is 1. The van der Waals surface area contributed by atoms with Gasteiger partial charge < -0.3 is 10.6 Å². The van der Waals surface area contributed by atoms with Gasteiger partial charge in [-0.1, -0.05) is 6.07 Å². The highest BCUT2D eigenvalue weighted by Crippen LogP contribution is 2.10. The molecule has 1 amide bonds. The van der Waals surface area contributed by atoms with Crippen molar-refractivity contribution in [3.63, 3.8) is 0 Å². The summed E-state index contributed by atoms with van der Waals surface area (Å²) in [6.07, 6.45) is 2.52. The van der Waals surface area contributed by atoms with Crippen LogP contribution in [0.15, 0.2) is 24.4 Å². The van der Waals surface area contributed by atoms with Gasteiger partial charge in [0.2, 0.25) is 0 Å². The molecule has 2 rings (SSSR count). The highest BCUT2D eigenvalue weighted by molar-refractivity contribution is 5.92. The molecule has 4 heteroatoms. The molecular weight excluding hydrogens is 178 g/mol. The Balaban J connectivity index is 2.10. The lowest BCUT2D eigenvalue weighted by Crippen LogP contribution is -2.32. The lowest BCUT2D eigenvalue weighted by atomic mass is 10.3. The maximum Gasteiger partial charge on any atom is 0.272 e. The summed E-state index contributed by atoms with van der Waals surface area (Å²) in [6.45, 7) is 1.39. The van der Waals surface area contributed by atoms with Gasteiger partial charge in [0.1, 0.15) is 5.69 Å². The van der Waals surface area contributed by atoms with Crippen LogP contribution in [-0.4, -0.2) is 34.9 Å². The SMILES string of the molecule is N[C@H]1CCN(C(=O)c2ccccn2)C1. The van der Waals surface area contributed by atoms with Gasteiger partial charge in [0.25, 0.3) is 5.91 Å². The molecule has 0 unspecified atom stereocenters. The Morgan fingerprint density at radius 3 is 3.00 bits per heavy atom. The maximum atomic E-state index is 11.8. The summed E-state index contributed by atoms with van der Waals surface area (Å²) in [4.78, 5) is 17.6. The van der Waals surface area contributed by atoms with E-state index in [4.69, 9.17) is 5.73 Å². The number of carbonyl (C=O) groups is 1. The van der Waals surface area contributed by atoms with Crippen molar-refractivity contribution >= 4 is 5.91 Å². The van der Waals surface area contributed by atoms with Crippen molar-refractivity contribution in [2.24, 2.45) is 5.73 Å². The molecule has 0 saturated carbocycles. The number of carbonyl (C=O) groups excluding carboxylic acids is 1. The van der Waals surface area contributed by atoms with E-state index in [2.05, 4.69) is 4.98 Å². The van der Waals surface area contributed by atoms with Gasteiger partial charge in [-0.05, 0) is 18.6 Å². The van der Waals surface area contributed by atoms with E-state index >= 15 is 0 Å². The van der Waals surface area contributed by atoms with E-state index in [1.807, 2.05) is 6.07 Å². The number of hydrogen-bond acceptors (Lipinski definition) is 3. The fraction of sp³-hybridized carbons (Fsp3) is 0.400. The van der Waals surface area contributed by atoms with Crippen molar-refractivity contribution in [1.29, 1.82) is 0 Å². The summed E-state index contributed by atoms with van der Waals surface area (Å²) < 4.78 is 0. The Kier molecular flexibility index (Phi) is 2.45. The van der Waals surface area contributed by atoms with Crippen LogP contribution in [0, 0.1) is 0 Å². The molecule has 1 aliphatic heterocycles. The molecule has 1 aliphatic rings. The molecule has 1 fully saturated rings. The van der Waals surface area contributed by atoms with Crippen LogP contribution < -0.4 is 5.73 Å². The quantitative estimate of drug-likeness (QED) is 0.692. The predicted octanol–water partition coefficient (Wildman–Crippen LogP) is 0.255. The number of aromatic nitrogens is 1. The molecule has 1 saturated heterocycles. The molecule has 4 nitrogen and oxygen atoms in total. The second kappa shape index (κ2) is 3.75. The van der Waals surface area contributed by atoms with Gasteiger partial charge in [-0.15, -0.1) is 0 Å². The van der Waals surface area contributed by atoms with Crippen molar-refractivity contribution in [3.8, 4) is 0 Å². The van der Waals surface area contributed by atoms with Gasteiger partial charge in [0.05, 0.1) is 0 Å². The van der Waals surface area contributed by atoms with Gasteiger partial charge in [-0.3, -0.25) is 9.78 Å². The average Bonchev–Trinajstić information content (AvgIpc) is 2.65. The van der Waals surface area contributed by atoms with E-state index < -0.39 is 0 Å². The largest absolute Gasteiger partial charge is 0.336 e. The highest BCUT2D eigenvalue weighted by atomic mass is 16.2. The Morgan fingerprint density at radius 2 is 2.43 bits per heavy atom. The molecule has 74 valence electrons. The first kappa shape index (κ1) is 9.15. The molecular formula is C10H13N3O. The van der Waals surface area contributed by atoms with E-state index in [9.17, 15) is 4.79 Å². The first-order chi connectivity index (χ1) is 6.77. The van der Waals surface area contributed by atoms with Gasteiger partial charge in [0.15, 0.2) is 0 Å². The lowest BCUT2D eigenvalue weighted by molar-refractivity contribution is 0.0785. The third kappa shape index (κ3) is 1.75. The standard InChI is InChI=1S/C10H13N3O/c11-8-4-6-13(7-8)10(14)9-3-1-2-5-12-9/h1-3,5,8H,4,6-7,11H2/t8-/m0/s1. The highest BCUT2D eigenvalue weighted by Gasteiger charge is 2.24. The van der Waals surface area contributed by atoms with E-state index in [0.717, 1.165) is 13.0 Å². The minimum absolute atomic E-state index is 0.0152. The number of nitrogens with two attached hydrogens (primary N) is 1. The van der Waals surface area contributed by atoms with Crippen molar-refractivity contribution in [2.75, 3.05) is 13.1 Å². The normalized spacial score (nSPS) is 21.2. The van der Waals surface area contributed by atoms with Crippen LogP contribution in [0.5, 0.6) is 0 Å². The van der Waals surface area contributed by atoms with Gasteiger partial charge >= 0.3 is 0 Å². The van der Waals surface area contributed by atoms with Crippen LogP contribution in [-0.2, 0) is 0 Å². The first-order valence-corrected chi connectivity index (χ1v) is 4.73. The molecule has 0 aliphatic carbocycles. The van der Waals surface area contributed by atoms with E-state index in [0.29, 0.717) is 12.2 Å². The molecule has 14 heavy (non-hydrogen) atoms. The molecule has 0 radical (unpaired) electrons. The molecule has 1 aromatic rings. The second-order valence-corrected chi connectivity index (χ2v) is 3.51. The first-order valence-electron chi connectivity index (χ1n) is 4.73. The Hall–Kier alpha value is -1.42. The van der Waals surface area contributed by atoms with E-state index in [1.54, 1.807) is 23.2 Å². The fourth-order valence-electron chi connectivity index (χ4n) is 1.62. The van der Waals surface area contributed by atoms with Crippen LogP contribution in [0.1, 0.15) is 16.9 Å². The van der Waals surface area contributed by atoms with E-state index in [-0.39, 0.29) is 11.9 Å². The van der Waals surface area contributed by atoms with Crippen LogP contribution >= 0.6 is 0 Å². The molecule has 2 heterocycles. The van der Waals surface area contributed by atoms with Gasteiger partial charge in [-0.2, -0.15) is 0 Å². The number of pyridine rings is 1. The number of amides is 1. The van der Waals surface area contributed by atoms with Crippen molar-refractivity contribution < 1.29 is 4.79 Å². The van der Waals surface area contributed by atoms with Crippen LogP contribution in [0.2, 0.25) is 0 Å². The molecule has 2 N–H and O–H groups in total. The second-order valence-electron chi connectivity index (χ2n) is 3.51. The van der Waals surface area contributed by atoms with Crippen LogP contribution in [0.25, 0.3) is 0 Å². The topological polar surface area (TPSA) is 59.2 Å².